The van der Waals surface area contributed by atoms with Crippen LogP contribution in [0.4, 0.5) is 0 Å². The average Bonchev–Trinajstić information content (AvgIpc) is 2.45. The number of rotatable bonds is 4. The van der Waals surface area contributed by atoms with Crippen LogP contribution < -0.4 is 5.32 Å². The van der Waals surface area contributed by atoms with Crippen LogP contribution in [-0.4, -0.2) is 24.5 Å². The molecule has 0 bridgehead atoms. The molecule has 1 N–H and O–H groups in total. The molecule has 0 heterocycles. The van der Waals surface area contributed by atoms with Crippen LogP contribution >= 0.6 is 0 Å². The number of nitrogens with one attached hydrogen (secondary N) is 1. The SMILES string of the molecule is COC(=O)[C@](C)(Cc1ccc2ccccc2c1)NC(C)=O. The Bertz CT molecular complexity index is 681. The second-order valence-electron chi connectivity index (χ2n) is 5.36. The maximum atomic E-state index is 12.0. The Morgan fingerprint density at radius 3 is 2.43 bits per heavy atom. The molecule has 21 heavy (non-hydrogen) atoms. The Balaban J connectivity index is 2.33. The van der Waals surface area contributed by atoms with Gasteiger partial charge in [-0.15, -0.1) is 0 Å². The van der Waals surface area contributed by atoms with Crippen LogP contribution in [0.25, 0.3) is 10.8 Å². The third-order valence-corrected chi connectivity index (χ3v) is 3.46. The minimum atomic E-state index is -1.07. The molecule has 0 radical (unpaired) electrons. The molecule has 2 rings (SSSR count). The van der Waals surface area contributed by atoms with E-state index < -0.39 is 11.5 Å². The summed E-state index contributed by atoms with van der Waals surface area (Å²) in [5.41, 5.74) is -0.0985. The number of carbonyl (C=O) groups excluding carboxylic acids is 2. The van der Waals surface area contributed by atoms with Crippen LogP contribution in [0, 0.1) is 0 Å². The predicted molar refractivity (Wildman–Crippen MR) is 81.9 cm³/mol. The molecule has 0 aliphatic carbocycles. The summed E-state index contributed by atoms with van der Waals surface area (Å²) in [5, 5.41) is 4.93. The number of carbonyl (C=O) groups is 2. The largest absolute Gasteiger partial charge is 0.467 e. The number of esters is 1. The Morgan fingerprint density at radius 2 is 1.81 bits per heavy atom. The van der Waals surface area contributed by atoms with E-state index in [1.54, 1.807) is 6.92 Å². The third kappa shape index (κ3) is 3.40. The molecular formula is C17H19NO3. The van der Waals surface area contributed by atoms with Gasteiger partial charge >= 0.3 is 5.97 Å². The Labute approximate surface area is 124 Å². The molecule has 1 amide bonds. The molecule has 0 aliphatic heterocycles. The lowest BCUT2D eigenvalue weighted by atomic mass is 9.91. The Kier molecular flexibility index (Phi) is 4.26. The van der Waals surface area contributed by atoms with Gasteiger partial charge < -0.3 is 10.1 Å². The highest BCUT2D eigenvalue weighted by atomic mass is 16.5. The van der Waals surface area contributed by atoms with Gasteiger partial charge in [0, 0.05) is 13.3 Å². The average molecular weight is 285 g/mol. The molecule has 0 saturated heterocycles. The van der Waals surface area contributed by atoms with Crippen molar-refractivity contribution >= 4 is 22.6 Å². The number of fused-ring (bicyclic) bond motifs is 1. The van der Waals surface area contributed by atoms with E-state index in [0.29, 0.717) is 6.42 Å². The zero-order chi connectivity index (χ0) is 15.5. The number of ether oxygens (including phenoxy) is 1. The van der Waals surface area contributed by atoms with E-state index in [-0.39, 0.29) is 5.91 Å². The number of methoxy groups -OCH3 is 1. The van der Waals surface area contributed by atoms with E-state index in [2.05, 4.69) is 5.32 Å². The van der Waals surface area contributed by atoms with Gasteiger partial charge in [-0.25, -0.2) is 4.79 Å². The number of hydrogen-bond donors (Lipinski definition) is 1. The summed E-state index contributed by atoms with van der Waals surface area (Å²) in [5.74, 6) is -0.713. The highest BCUT2D eigenvalue weighted by Gasteiger charge is 2.35. The maximum absolute atomic E-state index is 12.0. The van der Waals surface area contributed by atoms with Crippen molar-refractivity contribution in [2.45, 2.75) is 25.8 Å². The van der Waals surface area contributed by atoms with Crippen molar-refractivity contribution < 1.29 is 14.3 Å². The Hall–Kier alpha value is -2.36. The zero-order valence-electron chi connectivity index (χ0n) is 12.5. The molecule has 0 spiro atoms. The summed E-state index contributed by atoms with van der Waals surface area (Å²) in [7, 11) is 1.32. The topological polar surface area (TPSA) is 55.4 Å². The van der Waals surface area contributed by atoms with Gasteiger partial charge in [-0.05, 0) is 23.3 Å². The van der Waals surface area contributed by atoms with Crippen molar-refractivity contribution in [3.8, 4) is 0 Å². The van der Waals surface area contributed by atoms with Gasteiger partial charge in [0.25, 0.3) is 0 Å². The second kappa shape index (κ2) is 5.95. The van der Waals surface area contributed by atoms with Crippen molar-refractivity contribution in [3.63, 3.8) is 0 Å². The van der Waals surface area contributed by atoms with Crippen LogP contribution in [0.1, 0.15) is 19.4 Å². The fourth-order valence-corrected chi connectivity index (χ4v) is 2.54. The first kappa shape index (κ1) is 15.0. The van der Waals surface area contributed by atoms with Crippen molar-refractivity contribution in [3.05, 3.63) is 48.0 Å². The standard InChI is InChI=1S/C17H19NO3/c1-12(19)18-17(2,16(20)21-3)11-13-8-9-14-6-4-5-7-15(14)10-13/h4-10H,11H2,1-3H3,(H,18,19)/t17-/m0/s1. The molecule has 2 aromatic rings. The van der Waals surface area contributed by atoms with Gasteiger partial charge in [0.2, 0.25) is 5.91 Å². The molecule has 2 aromatic carbocycles. The number of amides is 1. The first-order valence-electron chi connectivity index (χ1n) is 6.79. The lowest BCUT2D eigenvalue weighted by molar-refractivity contribution is -0.149. The van der Waals surface area contributed by atoms with Gasteiger partial charge in [0.05, 0.1) is 7.11 Å². The van der Waals surface area contributed by atoms with E-state index in [4.69, 9.17) is 4.74 Å². The van der Waals surface area contributed by atoms with E-state index in [0.717, 1.165) is 16.3 Å². The summed E-state index contributed by atoms with van der Waals surface area (Å²) in [4.78, 5) is 23.4. The van der Waals surface area contributed by atoms with E-state index >= 15 is 0 Å². The van der Waals surface area contributed by atoms with Gasteiger partial charge in [0.15, 0.2) is 0 Å². The fraction of sp³-hybridized carbons (Fsp3) is 0.294. The summed E-state index contributed by atoms with van der Waals surface area (Å²) in [6.07, 6.45) is 0.379. The van der Waals surface area contributed by atoms with Crippen molar-refractivity contribution in [1.29, 1.82) is 0 Å². The molecular weight excluding hydrogens is 266 g/mol. The number of hydrogen-bond acceptors (Lipinski definition) is 3. The van der Waals surface area contributed by atoms with Gasteiger partial charge in [0.1, 0.15) is 5.54 Å². The minimum absolute atomic E-state index is 0.260. The normalized spacial score (nSPS) is 13.5. The lowest BCUT2D eigenvalue weighted by Crippen LogP contribution is -2.53. The molecule has 4 nitrogen and oxygen atoms in total. The summed E-state index contributed by atoms with van der Waals surface area (Å²) in [6.45, 7) is 3.07. The highest BCUT2D eigenvalue weighted by Crippen LogP contribution is 2.20. The molecule has 0 saturated carbocycles. The van der Waals surface area contributed by atoms with Crippen molar-refractivity contribution in [2.24, 2.45) is 0 Å². The van der Waals surface area contributed by atoms with Crippen molar-refractivity contribution in [2.75, 3.05) is 7.11 Å². The van der Waals surface area contributed by atoms with Crippen LogP contribution in [0.5, 0.6) is 0 Å². The first-order chi connectivity index (χ1) is 9.94. The molecule has 0 fully saturated rings. The van der Waals surface area contributed by atoms with Crippen LogP contribution in [0.3, 0.4) is 0 Å². The van der Waals surface area contributed by atoms with E-state index in [1.807, 2.05) is 42.5 Å². The van der Waals surface area contributed by atoms with Gasteiger partial charge in [-0.2, -0.15) is 0 Å². The molecule has 0 unspecified atom stereocenters. The summed E-state index contributed by atoms with van der Waals surface area (Å²) >= 11 is 0. The van der Waals surface area contributed by atoms with Crippen molar-refractivity contribution in [1.82, 2.24) is 5.32 Å². The predicted octanol–water partition coefficient (Wildman–Crippen LogP) is 2.45. The molecule has 0 aromatic heterocycles. The lowest BCUT2D eigenvalue weighted by Gasteiger charge is -2.27. The monoisotopic (exact) mass is 285 g/mol. The smallest absolute Gasteiger partial charge is 0.331 e. The van der Waals surface area contributed by atoms with Crippen LogP contribution in [-0.2, 0) is 20.7 Å². The van der Waals surface area contributed by atoms with Crippen LogP contribution in [0.2, 0.25) is 0 Å². The van der Waals surface area contributed by atoms with Crippen LogP contribution in [0.15, 0.2) is 42.5 Å². The van der Waals surface area contributed by atoms with Gasteiger partial charge in [-0.1, -0.05) is 42.5 Å². The minimum Gasteiger partial charge on any atom is -0.467 e. The molecule has 1 atom stereocenters. The Morgan fingerprint density at radius 1 is 1.14 bits per heavy atom. The highest BCUT2D eigenvalue weighted by molar-refractivity contribution is 5.88. The molecule has 4 heteroatoms. The molecule has 110 valence electrons. The summed E-state index contributed by atoms with van der Waals surface area (Å²) < 4.78 is 4.82. The molecule has 0 aliphatic rings. The second-order valence-corrected chi connectivity index (χ2v) is 5.36. The van der Waals surface area contributed by atoms with E-state index in [1.165, 1.54) is 14.0 Å². The fourth-order valence-electron chi connectivity index (χ4n) is 2.54. The first-order valence-corrected chi connectivity index (χ1v) is 6.79. The third-order valence-electron chi connectivity index (χ3n) is 3.46. The maximum Gasteiger partial charge on any atom is 0.331 e. The summed E-state index contributed by atoms with van der Waals surface area (Å²) in [6, 6.07) is 14.0. The quantitative estimate of drug-likeness (QED) is 0.878. The van der Waals surface area contributed by atoms with Gasteiger partial charge in [-0.3, -0.25) is 4.79 Å². The van der Waals surface area contributed by atoms with E-state index in [9.17, 15) is 9.59 Å². The zero-order valence-corrected chi connectivity index (χ0v) is 12.5. The number of benzene rings is 2.